The highest BCUT2D eigenvalue weighted by Gasteiger charge is 2.13. The van der Waals surface area contributed by atoms with Crippen LogP contribution in [0.5, 0.6) is 0 Å². The number of allylic oxidation sites excluding steroid dienone is 1. The van der Waals surface area contributed by atoms with Crippen molar-refractivity contribution in [1.29, 1.82) is 0 Å². The molecular formula is C17H16O. The van der Waals surface area contributed by atoms with E-state index in [9.17, 15) is 0 Å². The Morgan fingerprint density at radius 3 is 2.22 bits per heavy atom. The molecule has 0 spiro atoms. The normalized spacial score (nSPS) is 11.3. The van der Waals surface area contributed by atoms with Gasteiger partial charge in [-0.3, -0.25) is 0 Å². The Hall–Kier alpha value is -2.02. The molecule has 0 bridgehead atoms. The van der Waals surface area contributed by atoms with Crippen LogP contribution in [-0.2, 0) is 0 Å². The average molecular weight is 236 g/mol. The average Bonchev–Trinajstić information content (AvgIpc) is 2.81. The van der Waals surface area contributed by atoms with Gasteiger partial charge < -0.3 is 4.42 Å². The summed E-state index contributed by atoms with van der Waals surface area (Å²) in [5.41, 5.74) is 4.44. The summed E-state index contributed by atoms with van der Waals surface area (Å²) in [6, 6.07) is 10.6. The van der Waals surface area contributed by atoms with Crippen LogP contribution in [0.15, 0.2) is 41.3 Å². The Labute approximate surface area is 107 Å². The molecule has 0 saturated heterocycles. The second-order valence-corrected chi connectivity index (χ2v) is 4.93. The summed E-state index contributed by atoms with van der Waals surface area (Å²) >= 11 is 0. The smallest absolute Gasteiger partial charge is 0.138 e. The zero-order chi connectivity index (χ0) is 12.9. The van der Waals surface area contributed by atoms with Crippen LogP contribution in [0.25, 0.3) is 27.3 Å². The summed E-state index contributed by atoms with van der Waals surface area (Å²) in [5.74, 6) is 0.881. The lowest BCUT2D eigenvalue weighted by Gasteiger charge is -2.06. The first-order valence-corrected chi connectivity index (χ1v) is 6.17. The van der Waals surface area contributed by atoms with Gasteiger partial charge in [0.2, 0.25) is 0 Å². The maximum absolute atomic E-state index is 5.95. The number of fused-ring (bicyclic) bond motifs is 2. The molecule has 3 aromatic rings. The van der Waals surface area contributed by atoms with Gasteiger partial charge in [-0.15, -0.1) is 0 Å². The summed E-state index contributed by atoms with van der Waals surface area (Å²) < 4.78 is 5.95. The van der Waals surface area contributed by atoms with Gasteiger partial charge in [-0.05, 0) is 48.7 Å². The molecule has 1 aromatic heterocycles. The summed E-state index contributed by atoms with van der Waals surface area (Å²) in [6.45, 7) is 10.2. The SMILES string of the molecule is C=C(C)c1cc2c(C)c3ccccc3c(C)c2o1. The number of furan rings is 1. The van der Waals surface area contributed by atoms with E-state index >= 15 is 0 Å². The Bertz CT molecular complexity index is 717. The molecule has 0 radical (unpaired) electrons. The molecule has 0 unspecified atom stereocenters. The van der Waals surface area contributed by atoms with Crippen molar-refractivity contribution in [1.82, 2.24) is 0 Å². The molecule has 0 atom stereocenters. The maximum Gasteiger partial charge on any atom is 0.138 e. The van der Waals surface area contributed by atoms with Gasteiger partial charge in [0.25, 0.3) is 0 Å². The van der Waals surface area contributed by atoms with Crippen LogP contribution in [0.4, 0.5) is 0 Å². The van der Waals surface area contributed by atoms with E-state index in [0.717, 1.165) is 16.9 Å². The lowest BCUT2D eigenvalue weighted by Crippen LogP contribution is -1.84. The zero-order valence-electron chi connectivity index (χ0n) is 11.0. The molecule has 0 aliphatic carbocycles. The van der Waals surface area contributed by atoms with Crippen molar-refractivity contribution in [2.75, 3.05) is 0 Å². The summed E-state index contributed by atoms with van der Waals surface area (Å²) in [5, 5.41) is 3.77. The van der Waals surface area contributed by atoms with E-state index in [1.54, 1.807) is 0 Å². The summed E-state index contributed by atoms with van der Waals surface area (Å²) in [7, 11) is 0. The van der Waals surface area contributed by atoms with Crippen LogP contribution in [0.3, 0.4) is 0 Å². The van der Waals surface area contributed by atoms with Gasteiger partial charge in [0, 0.05) is 10.9 Å². The fraction of sp³-hybridized carbons (Fsp3) is 0.176. The largest absolute Gasteiger partial charge is 0.456 e. The van der Waals surface area contributed by atoms with Gasteiger partial charge in [0.15, 0.2) is 0 Å². The van der Waals surface area contributed by atoms with E-state index in [1.165, 1.54) is 27.3 Å². The van der Waals surface area contributed by atoms with E-state index in [1.807, 2.05) is 6.92 Å². The highest BCUT2D eigenvalue weighted by atomic mass is 16.3. The second kappa shape index (κ2) is 3.74. The van der Waals surface area contributed by atoms with Crippen molar-refractivity contribution < 1.29 is 4.42 Å². The number of hydrogen-bond donors (Lipinski definition) is 0. The van der Waals surface area contributed by atoms with Gasteiger partial charge in [-0.25, -0.2) is 0 Å². The minimum absolute atomic E-state index is 0.881. The molecule has 1 nitrogen and oxygen atoms in total. The number of hydrogen-bond acceptors (Lipinski definition) is 1. The van der Waals surface area contributed by atoms with Crippen molar-refractivity contribution in [3.05, 3.63) is 53.8 Å². The molecule has 0 aliphatic rings. The number of benzene rings is 2. The minimum atomic E-state index is 0.881. The first kappa shape index (κ1) is 11.1. The fourth-order valence-electron chi connectivity index (χ4n) is 2.56. The topological polar surface area (TPSA) is 13.1 Å². The Morgan fingerprint density at radius 2 is 1.61 bits per heavy atom. The summed E-state index contributed by atoms with van der Waals surface area (Å²) in [6.07, 6.45) is 0. The Morgan fingerprint density at radius 1 is 1.00 bits per heavy atom. The Kier molecular flexibility index (Phi) is 2.30. The fourth-order valence-corrected chi connectivity index (χ4v) is 2.56. The highest BCUT2D eigenvalue weighted by Crippen LogP contribution is 2.35. The van der Waals surface area contributed by atoms with Crippen molar-refractivity contribution in [3.63, 3.8) is 0 Å². The standard InChI is InChI=1S/C17H16O/c1-10(2)16-9-15-11(3)13-7-5-6-8-14(13)12(4)17(15)18-16/h5-9H,1H2,2-4H3. The van der Waals surface area contributed by atoms with Crippen LogP contribution in [0, 0.1) is 13.8 Å². The van der Waals surface area contributed by atoms with E-state index in [0.29, 0.717) is 0 Å². The van der Waals surface area contributed by atoms with E-state index in [4.69, 9.17) is 4.42 Å². The molecule has 0 saturated carbocycles. The first-order chi connectivity index (χ1) is 8.59. The van der Waals surface area contributed by atoms with E-state index in [-0.39, 0.29) is 0 Å². The predicted molar refractivity (Wildman–Crippen MR) is 77.9 cm³/mol. The molecular weight excluding hydrogens is 220 g/mol. The molecule has 0 aliphatic heterocycles. The van der Waals surface area contributed by atoms with Crippen LogP contribution >= 0.6 is 0 Å². The van der Waals surface area contributed by atoms with Gasteiger partial charge in [0.1, 0.15) is 11.3 Å². The third-order valence-electron chi connectivity index (χ3n) is 3.63. The van der Waals surface area contributed by atoms with Crippen LogP contribution < -0.4 is 0 Å². The molecule has 2 aromatic carbocycles. The number of rotatable bonds is 1. The second-order valence-electron chi connectivity index (χ2n) is 4.93. The van der Waals surface area contributed by atoms with Crippen molar-refractivity contribution in [3.8, 4) is 0 Å². The van der Waals surface area contributed by atoms with Gasteiger partial charge >= 0.3 is 0 Å². The van der Waals surface area contributed by atoms with Crippen molar-refractivity contribution in [2.45, 2.75) is 20.8 Å². The molecule has 3 rings (SSSR count). The van der Waals surface area contributed by atoms with Gasteiger partial charge in [-0.2, -0.15) is 0 Å². The quantitative estimate of drug-likeness (QED) is 0.563. The zero-order valence-corrected chi connectivity index (χ0v) is 11.0. The third-order valence-corrected chi connectivity index (χ3v) is 3.63. The monoisotopic (exact) mass is 236 g/mol. The predicted octanol–water partition coefficient (Wildman–Crippen LogP) is 5.24. The lowest BCUT2D eigenvalue weighted by molar-refractivity contribution is 0.597. The molecule has 18 heavy (non-hydrogen) atoms. The molecule has 1 heterocycles. The first-order valence-electron chi connectivity index (χ1n) is 6.17. The lowest BCUT2D eigenvalue weighted by atomic mass is 9.97. The van der Waals surface area contributed by atoms with Crippen molar-refractivity contribution in [2.24, 2.45) is 0 Å². The molecule has 90 valence electrons. The maximum atomic E-state index is 5.95. The molecule has 0 fully saturated rings. The van der Waals surface area contributed by atoms with Crippen LogP contribution in [0.1, 0.15) is 23.8 Å². The van der Waals surface area contributed by atoms with Gasteiger partial charge in [0.05, 0.1) is 0 Å². The summed E-state index contributed by atoms with van der Waals surface area (Å²) in [4.78, 5) is 0. The molecule has 1 heteroatoms. The highest BCUT2D eigenvalue weighted by molar-refractivity contribution is 6.04. The van der Waals surface area contributed by atoms with E-state index in [2.05, 4.69) is 50.8 Å². The number of aryl methyl sites for hydroxylation is 2. The minimum Gasteiger partial charge on any atom is -0.456 e. The van der Waals surface area contributed by atoms with Crippen molar-refractivity contribution >= 4 is 27.3 Å². The van der Waals surface area contributed by atoms with Gasteiger partial charge in [-0.1, -0.05) is 30.8 Å². The van der Waals surface area contributed by atoms with Crippen LogP contribution in [0.2, 0.25) is 0 Å². The van der Waals surface area contributed by atoms with Crippen LogP contribution in [-0.4, -0.2) is 0 Å². The Balaban J connectivity index is 2.54. The molecule has 0 N–H and O–H groups in total. The molecule has 0 amide bonds. The third kappa shape index (κ3) is 1.40. The van der Waals surface area contributed by atoms with E-state index < -0.39 is 0 Å².